The van der Waals surface area contributed by atoms with E-state index in [9.17, 15) is 0 Å². The zero-order valence-corrected chi connectivity index (χ0v) is 8.89. The van der Waals surface area contributed by atoms with Gasteiger partial charge in [0.2, 0.25) is 0 Å². The maximum absolute atomic E-state index is 2.36. The Morgan fingerprint density at radius 2 is 2.18 bits per heavy atom. The van der Waals surface area contributed by atoms with Crippen molar-refractivity contribution < 1.29 is 21.2 Å². The third kappa shape index (κ3) is 1.58. The molecule has 0 radical (unpaired) electrons. The second-order valence-electron chi connectivity index (χ2n) is 3.03. The van der Waals surface area contributed by atoms with Crippen molar-refractivity contribution >= 4 is 0 Å². The Kier molecular flexibility index (Phi) is 2.16. The molecule has 0 amide bonds. The van der Waals surface area contributed by atoms with E-state index in [4.69, 9.17) is 0 Å². The standard InChI is InChI=1S/C10H12I/c1-8-2-3-10-7-11-5-4-9(10)6-8/h2-3,6H,4-5,7H2,1H3/q-1. The van der Waals surface area contributed by atoms with E-state index in [-0.39, 0.29) is 0 Å². The molecule has 0 fully saturated rings. The van der Waals surface area contributed by atoms with E-state index in [0.29, 0.717) is 21.2 Å². The van der Waals surface area contributed by atoms with Crippen molar-refractivity contribution in [3.63, 3.8) is 0 Å². The van der Waals surface area contributed by atoms with Crippen molar-refractivity contribution in [3.8, 4) is 0 Å². The number of benzene rings is 1. The Hall–Kier alpha value is -0.0500. The molecule has 1 heterocycles. The van der Waals surface area contributed by atoms with Crippen LogP contribution in [-0.2, 0) is 10.8 Å². The van der Waals surface area contributed by atoms with Gasteiger partial charge in [-0.05, 0) is 0 Å². The molecule has 1 aliphatic rings. The van der Waals surface area contributed by atoms with E-state index < -0.39 is 0 Å². The number of halogens is 1. The van der Waals surface area contributed by atoms with Crippen LogP contribution >= 0.6 is 0 Å². The van der Waals surface area contributed by atoms with E-state index in [2.05, 4.69) is 25.1 Å². The van der Waals surface area contributed by atoms with Gasteiger partial charge in [-0.15, -0.1) is 0 Å². The summed E-state index contributed by atoms with van der Waals surface area (Å²) in [7, 11) is 0. The van der Waals surface area contributed by atoms with Crippen LogP contribution in [0.2, 0.25) is 0 Å². The van der Waals surface area contributed by atoms with Crippen molar-refractivity contribution in [2.75, 3.05) is 4.43 Å². The van der Waals surface area contributed by atoms with Crippen molar-refractivity contribution in [1.82, 2.24) is 0 Å². The van der Waals surface area contributed by atoms with Gasteiger partial charge in [-0.25, -0.2) is 0 Å². The third-order valence-corrected chi connectivity index (χ3v) is 4.76. The number of hydrogen-bond donors (Lipinski definition) is 0. The summed E-state index contributed by atoms with van der Waals surface area (Å²) in [5.74, 6) is 0. The molecule has 1 aromatic rings. The second kappa shape index (κ2) is 3.13. The molecule has 0 atom stereocenters. The third-order valence-electron chi connectivity index (χ3n) is 2.10. The van der Waals surface area contributed by atoms with Crippen LogP contribution in [-0.4, -0.2) is 4.43 Å². The predicted octanol–water partition coefficient (Wildman–Crippen LogP) is -0.860. The summed E-state index contributed by atoms with van der Waals surface area (Å²) >= 11 is 0.516. The van der Waals surface area contributed by atoms with Crippen LogP contribution in [0.4, 0.5) is 0 Å². The van der Waals surface area contributed by atoms with Gasteiger partial charge in [0.05, 0.1) is 0 Å². The molecule has 0 unspecified atom stereocenters. The molecular formula is C10H12I-. The van der Waals surface area contributed by atoms with E-state index in [1.165, 1.54) is 20.8 Å². The Morgan fingerprint density at radius 3 is 3.09 bits per heavy atom. The van der Waals surface area contributed by atoms with Crippen LogP contribution in [0.15, 0.2) is 18.2 Å². The van der Waals surface area contributed by atoms with E-state index >= 15 is 0 Å². The van der Waals surface area contributed by atoms with Gasteiger partial charge in [0.1, 0.15) is 0 Å². The van der Waals surface area contributed by atoms with Crippen LogP contribution in [0.5, 0.6) is 0 Å². The van der Waals surface area contributed by atoms with Gasteiger partial charge < -0.3 is 0 Å². The van der Waals surface area contributed by atoms with Gasteiger partial charge in [-0.1, -0.05) is 0 Å². The minimum atomic E-state index is 0.516. The van der Waals surface area contributed by atoms with Gasteiger partial charge in [0.15, 0.2) is 0 Å². The Labute approximate surface area is 78.3 Å². The monoisotopic (exact) mass is 259 g/mol. The van der Waals surface area contributed by atoms with Gasteiger partial charge in [0.25, 0.3) is 0 Å². The molecule has 0 saturated heterocycles. The molecule has 0 spiro atoms. The van der Waals surface area contributed by atoms with E-state index in [1.54, 1.807) is 11.1 Å². The first-order valence-corrected chi connectivity index (χ1v) is 7.03. The number of alkyl halides is 2. The van der Waals surface area contributed by atoms with Crippen LogP contribution in [0.25, 0.3) is 0 Å². The minimum absolute atomic E-state index is 0.516. The maximum atomic E-state index is 2.36. The Balaban J connectivity index is 2.43. The Morgan fingerprint density at radius 1 is 1.27 bits per heavy atom. The summed E-state index contributed by atoms with van der Waals surface area (Å²) in [5.41, 5.74) is 4.68. The number of fused-ring (bicyclic) bond motifs is 1. The molecule has 0 bridgehead atoms. The molecule has 60 valence electrons. The van der Waals surface area contributed by atoms with Gasteiger partial charge in [-0.2, -0.15) is 0 Å². The van der Waals surface area contributed by atoms with Crippen molar-refractivity contribution in [3.05, 3.63) is 34.9 Å². The van der Waals surface area contributed by atoms with E-state index in [0.717, 1.165) is 0 Å². The van der Waals surface area contributed by atoms with Gasteiger partial charge in [-0.3, -0.25) is 0 Å². The molecule has 1 aromatic carbocycles. The average molecular weight is 259 g/mol. The molecule has 0 saturated carbocycles. The number of hydrogen-bond acceptors (Lipinski definition) is 0. The topological polar surface area (TPSA) is 0 Å². The quantitative estimate of drug-likeness (QED) is 0.420. The molecule has 2 rings (SSSR count). The number of rotatable bonds is 0. The van der Waals surface area contributed by atoms with Crippen LogP contribution in [0, 0.1) is 6.92 Å². The summed E-state index contributed by atoms with van der Waals surface area (Å²) in [5, 5.41) is 0. The SMILES string of the molecule is Cc1ccc2c(c1)CC[I-]C2. The van der Waals surface area contributed by atoms with Crippen molar-refractivity contribution in [2.45, 2.75) is 17.8 Å². The molecule has 11 heavy (non-hydrogen) atoms. The number of aryl methyl sites for hydroxylation is 2. The van der Waals surface area contributed by atoms with Crippen LogP contribution < -0.4 is 21.2 Å². The summed E-state index contributed by atoms with van der Waals surface area (Å²) in [6.07, 6.45) is 1.35. The Bertz CT molecular complexity index is 266. The van der Waals surface area contributed by atoms with Crippen LogP contribution in [0.1, 0.15) is 16.7 Å². The first kappa shape index (κ1) is 7.59. The van der Waals surface area contributed by atoms with Crippen LogP contribution in [0.3, 0.4) is 0 Å². The first-order chi connectivity index (χ1) is 5.36. The molecule has 1 heteroatoms. The van der Waals surface area contributed by atoms with Crippen molar-refractivity contribution in [2.24, 2.45) is 0 Å². The predicted molar refractivity (Wildman–Crippen MR) is 43.5 cm³/mol. The summed E-state index contributed by atoms with van der Waals surface area (Å²) in [6, 6.07) is 6.93. The molecule has 0 aromatic heterocycles. The zero-order chi connectivity index (χ0) is 7.68. The van der Waals surface area contributed by atoms with Gasteiger partial charge >= 0.3 is 78.3 Å². The second-order valence-corrected chi connectivity index (χ2v) is 5.95. The summed E-state index contributed by atoms with van der Waals surface area (Å²) < 4.78 is 2.91. The summed E-state index contributed by atoms with van der Waals surface area (Å²) in [4.78, 5) is 0. The molecule has 0 aliphatic carbocycles. The van der Waals surface area contributed by atoms with Crippen molar-refractivity contribution in [1.29, 1.82) is 0 Å². The van der Waals surface area contributed by atoms with E-state index in [1.807, 2.05) is 0 Å². The normalized spacial score (nSPS) is 16.8. The fourth-order valence-corrected chi connectivity index (χ4v) is 4.12. The molecule has 0 nitrogen and oxygen atoms in total. The molecule has 1 aliphatic heterocycles. The molecular weight excluding hydrogens is 247 g/mol. The molecule has 0 N–H and O–H groups in total. The fraction of sp³-hybridized carbons (Fsp3) is 0.400. The van der Waals surface area contributed by atoms with Gasteiger partial charge in [0, 0.05) is 0 Å². The fourth-order valence-electron chi connectivity index (χ4n) is 1.46. The zero-order valence-electron chi connectivity index (χ0n) is 6.73. The average Bonchev–Trinajstić information content (AvgIpc) is 2.04. The summed E-state index contributed by atoms with van der Waals surface area (Å²) in [6.45, 7) is 2.18. The first-order valence-electron chi connectivity index (χ1n) is 3.98.